The molecule has 1 amide bonds. The zero-order valence-corrected chi connectivity index (χ0v) is 19.6. The van der Waals surface area contributed by atoms with Gasteiger partial charge in [-0.15, -0.1) is 11.8 Å². The highest BCUT2D eigenvalue weighted by atomic mass is 32.2. The number of hydrogen-bond donors (Lipinski definition) is 0. The van der Waals surface area contributed by atoms with Crippen LogP contribution in [0.25, 0.3) is 10.2 Å². The molecule has 0 aliphatic rings. The quantitative estimate of drug-likeness (QED) is 0.390. The number of carbonyl (C=O) groups excluding carboxylic acids is 2. The van der Waals surface area contributed by atoms with Gasteiger partial charge in [0.1, 0.15) is 28.3 Å². The van der Waals surface area contributed by atoms with E-state index < -0.39 is 11.9 Å². The lowest BCUT2D eigenvalue weighted by molar-refractivity contribution is -0.141. The van der Waals surface area contributed by atoms with E-state index in [9.17, 15) is 9.59 Å². The van der Waals surface area contributed by atoms with Crippen LogP contribution in [0.4, 0.5) is 0 Å². The number of carbonyl (C=O) groups is 2. The van der Waals surface area contributed by atoms with Crippen LogP contribution in [0.5, 0.6) is 11.5 Å². The molecule has 0 saturated carbocycles. The fourth-order valence-corrected chi connectivity index (χ4v) is 5.04. The van der Waals surface area contributed by atoms with Gasteiger partial charge in [-0.25, -0.2) is 0 Å². The third-order valence-corrected chi connectivity index (χ3v) is 6.45. The highest BCUT2D eigenvalue weighted by Crippen LogP contribution is 2.35. The molecule has 0 saturated heterocycles. The first-order valence-corrected chi connectivity index (χ1v) is 11.2. The van der Waals surface area contributed by atoms with Crippen molar-refractivity contribution < 1.29 is 23.8 Å². The van der Waals surface area contributed by atoms with Crippen molar-refractivity contribution in [1.29, 1.82) is 0 Å². The number of nitrogens with zero attached hydrogens (tertiary/aromatic N) is 2. The highest BCUT2D eigenvalue weighted by Gasteiger charge is 2.19. The number of thiazole rings is 1. The summed E-state index contributed by atoms with van der Waals surface area (Å²) in [4.78, 5) is 30.8. The largest absolute Gasteiger partial charge is 0.495 e. The molecule has 0 aliphatic carbocycles. The van der Waals surface area contributed by atoms with E-state index in [1.165, 1.54) is 18.4 Å². The summed E-state index contributed by atoms with van der Waals surface area (Å²) in [5, 5.41) is 0.395. The van der Waals surface area contributed by atoms with Crippen molar-refractivity contribution in [1.82, 2.24) is 4.57 Å². The molecule has 164 valence electrons. The summed E-state index contributed by atoms with van der Waals surface area (Å²) < 4.78 is 18.1. The zero-order chi connectivity index (χ0) is 22.5. The standard InChI is InChI=1S/C22H24N2O5S2/c1-13(2)30-15-8-6-7-14(11-15)21(26)23-22-24(12-18(25)29-5)19-16(27-3)9-10-17(28-4)20(19)31-22/h6-11,13H,12H2,1-5H3. The molecular formula is C22H24N2O5S2. The average molecular weight is 461 g/mol. The van der Waals surface area contributed by atoms with Gasteiger partial charge in [-0.05, 0) is 30.3 Å². The third kappa shape index (κ3) is 5.11. The number of ether oxygens (including phenoxy) is 3. The van der Waals surface area contributed by atoms with E-state index in [0.717, 1.165) is 9.60 Å². The van der Waals surface area contributed by atoms with Gasteiger partial charge in [0.2, 0.25) is 0 Å². The molecule has 31 heavy (non-hydrogen) atoms. The second kappa shape index (κ2) is 10.0. The van der Waals surface area contributed by atoms with Gasteiger partial charge < -0.3 is 18.8 Å². The normalized spacial score (nSPS) is 11.7. The highest BCUT2D eigenvalue weighted by molar-refractivity contribution is 7.99. The molecule has 1 heterocycles. The lowest BCUT2D eigenvalue weighted by Gasteiger charge is -2.09. The number of methoxy groups -OCH3 is 3. The minimum atomic E-state index is -0.464. The van der Waals surface area contributed by atoms with Crippen molar-refractivity contribution in [2.24, 2.45) is 4.99 Å². The Labute approximate surface area is 188 Å². The summed E-state index contributed by atoms with van der Waals surface area (Å²) in [6, 6.07) is 10.9. The molecule has 3 rings (SSSR count). The van der Waals surface area contributed by atoms with Crippen LogP contribution in [0.15, 0.2) is 46.3 Å². The molecule has 0 aliphatic heterocycles. The van der Waals surface area contributed by atoms with E-state index in [2.05, 4.69) is 18.8 Å². The molecule has 0 atom stereocenters. The molecule has 0 bridgehead atoms. The summed E-state index contributed by atoms with van der Waals surface area (Å²) in [5.41, 5.74) is 1.10. The summed E-state index contributed by atoms with van der Waals surface area (Å²) in [6.07, 6.45) is 0. The second-order valence-corrected chi connectivity index (χ2v) is 9.43. The first kappa shape index (κ1) is 22.9. The Morgan fingerprint density at radius 2 is 1.81 bits per heavy atom. The van der Waals surface area contributed by atoms with Gasteiger partial charge >= 0.3 is 5.97 Å². The SMILES string of the molecule is COC(=O)Cn1c(=NC(=O)c2cccc(SC(C)C)c2)sc2c(OC)ccc(OC)c21. The lowest BCUT2D eigenvalue weighted by atomic mass is 10.2. The molecule has 9 heteroatoms. The summed E-state index contributed by atoms with van der Waals surface area (Å²) in [5.74, 6) is 0.284. The molecule has 2 aromatic carbocycles. The number of thioether (sulfide) groups is 1. The maximum atomic E-state index is 13.0. The molecule has 0 spiro atoms. The van der Waals surface area contributed by atoms with E-state index in [-0.39, 0.29) is 6.54 Å². The molecule has 0 fully saturated rings. The van der Waals surface area contributed by atoms with Crippen LogP contribution in [0.3, 0.4) is 0 Å². The van der Waals surface area contributed by atoms with Crippen molar-refractivity contribution in [2.45, 2.75) is 30.5 Å². The van der Waals surface area contributed by atoms with E-state index >= 15 is 0 Å². The Hall–Kier alpha value is -2.78. The number of amides is 1. The van der Waals surface area contributed by atoms with E-state index in [1.807, 2.05) is 18.2 Å². The van der Waals surface area contributed by atoms with Crippen molar-refractivity contribution >= 4 is 45.2 Å². The third-order valence-electron chi connectivity index (χ3n) is 4.36. The number of rotatable bonds is 7. The predicted molar refractivity (Wildman–Crippen MR) is 122 cm³/mol. The maximum absolute atomic E-state index is 13.0. The number of esters is 1. The molecule has 1 aromatic heterocycles. The second-order valence-electron chi connectivity index (χ2n) is 6.81. The monoisotopic (exact) mass is 460 g/mol. The summed E-state index contributed by atoms with van der Waals surface area (Å²) in [6.45, 7) is 4.07. The fraction of sp³-hybridized carbons (Fsp3) is 0.318. The van der Waals surface area contributed by atoms with E-state index in [1.54, 1.807) is 48.7 Å². The van der Waals surface area contributed by atoms with E-state index in [4.69, 9.17) is 14.2 Å². The Morgan fingerprint density at radius 3 is 2.45 bits per heavy atom. The Morgan fingerprint density at radius 1 is 1.10 bits per heavy atom. The van der Waals surface area contributed by atoms with Crippen LogP contribution < -0.4 is 14.3 Å². The number of hydrogen-bond acceptors (Lipinski definition) is 7. The smallest absolute Gasteiger partial charge is 0.325 e. The number of benzene rings is 2. The fourth-order valence-electron chi connectivity index (χ4n) is 3.01. The van der Waals surface area contributed by atoms with Crippen LogP contribution in [0, 0.1) is 0 Å². The van der Waals surface area contributed by atoms with Crippen LogP contribution in [-0.4, -0.2) is 43.0 Å². The lowest BCUT2D eigenvalue weighted by Crippen LogP contribution is -2.22. The van der Waals surface area contributed by atoms with E-state index in [0.29, 0.717) is 32.6 Å². The summed E-state index contributed by atoms with van der Waals surface area (Å²) >= 11 is 2.93. The first-order valence-electron chi connectivity index (χ1n) is 9.54. The van der Waals surface area contributed by atoms with Gasteiger partial charge in [0.05, 0.1) is 21.3 Å². The van der Waals surface area contributed by atoms with Gasteiger partial charge in [0, 0.05) is 15.7 Å². The van der Waals surface area contributed by atoms with Gasteiger partial charge in [-0.2, -0.15) is 4.99 Å². The minimum Gasteiger partial charge on any atom is -0.495 e. The first-order chi connectivity index (χ1) is 14.9. The Kier molecular flexibility index (Phi) is 7.40. The summed E-state index contributed by atoms with van der Waals surface area (Å²) in [7, 11) is 4.42. The van der Waals surface area contributed by atoms with Gasteiger partial charge in [-0.3, -0.25) is 9.59 Å². The van der Waals surface area contributed by atoms with Crippen LogP contribution in [0.2, 0.25) is 0 Å². The Balaban J connectivity index is 2.18. The van der Waals surface area contributed by atoms with Crippen molar-refractivity contribution in [3.63, 3.8) is 0 Å². The zero-order valence-electron chi connectivity index (χ0n) is 18.0. The van der Waals surface area contributed by atoms with Crippen LogP contribution in [-0.2, 0) is 16.1 Å². The number of aromatic nitrogens is 1. The maximum Gasteiger partial charge on any atom is 0.325 e. The average Bonchev–Trinajstić information content (AvgIpc) is 3.10. The predicted octanol–water partition coefficient (Wildman–Crippen LogP) is 4.13. The van der Waals surface area contributed by atoms with Crippen LogP contribution >= 0.6 is 23.1 Å². The van der Waals surface area contributed by atoms with Crippen LogP contribution in [0.1, 0.15) is 24.2 Å². The molecule has 0 N–H and O–H groups in total. The van der Waals surface area contributed by atoms with Gasteiger partial charge in [0.25, 0.3) is 5.91 Å². The molecule has 0 unspecified atom stereocenters. The Bertz CT molecular complexity index is 1180. The molecule has 3 aromatic rings. The van der Waals surface area contributed by atoms with Crippen molar-refractivity contribution in [2.75, 3.05) is 21.3 Å². The molecule has 0 radical (unpaired) electrons. The number of fused-ring (bicyclic) bond motifs is 1. The topological polar surface area (TPSA) is 79.1 Å². The minimum absolute atomic E-state index is 0.116. The molecular weight excluding hydrogens is 436 g/mol. The van der Waals surface area contributed by atoms with Gasteiger partial charge in [0.15, 0.2) is 4.80 Å². The van der Waals surface area contributed by atoms with Crippen molar-refractivity contribution in [3.8, 4) is 11.5 Å². The van der Waals surface area contributed by atoms with Gasteiger partial charge in [-0.1, -0.05) is 31.3 Å². The molecule has 7 nitrogen and oxygen atoms in total. The van der Waals surface area contributed by atoms with Crippen molar-refractivity contribution in [3.05, 3.63) is 46.8 Å².